The fourth-order valence-corrected chi connectivity index (χ4v) is 2.76. The molecule has 1 heterocycles. The number of ether oxygens (including phenoxy) is 1. The molecule has 0 spiro atoms. The summed E-state index contributed by atoms with van der Waals surface area (Å²) >= 11 is 0. The van der Waals surface area contributed by atoms with Gasteiger partial charge in [0, 0.05) is 17.9 Å². The van der Waals surface area contributed by atoms with Gasteiger partial charge >= 0.3 is 17.8 Å². The number of nitrogens with zero attached hydrogens (tertiary/aromatic N) is 1. The predicted molar refractivity (Wildman–Crippen MR) is 93.5 cm³/mol. The molecule has 0 fully saturated rings. The molecule has 2 aromatic carbocycles. The Morgan fingerprint density at radius 2 is 1.80 bits per heavy atom. The average molecular weight is 338 g/mol. The van der Waals surface area contributed by atoms with Crippen LogP contribution in [0.3, 0.4) is 0 Å². The Balaban J connectivity index is 1.66. The molecule has 0 aliphatic carbocycles. The highest BCUT2D eigenvalue weighted by Gasteiger charge is 2.28. The monoisotopic (exact) mass is 338 g/mol. The van der Waals surface area contributed by atoms with Crippen LogP contribution in [0.25, 0.3) is 0 Å². The fourth-order valence-electron chi connectivity index (χ4n) is 2.76. The van der Waals surface area contributed by atoms with E-state index in [1.54, 1.807) is 31.2 Å². The van der Waals surface area contributed by atoms with Crippen LogP contribution in [0.15, 0.2) is 48.5 Å². The summed E-state index contributed by atoms with van der Waals surface area (Å²) in [6.07, 6.45) is 0.740. The molecular formula is C19H18N2O4. The van der Waals surface area contributed by atoms with Gasteiger partial charge in [0.05, 0.1) is 12.2 Å². The summed E-state index contributed by atoms with van der Waals surface area (Å²) in [4.78, 5) is 37.7. The lowest BCUT2D eigenvalue weighted by molar-refractivity contribution is -0.134. The van der Waals surface area contributed by atoms with Crippen molar-refractivity contribution in [2.24, 2.45) is 0 Å². The molecule has 0 saturated heterocycles. The molecule has 128 valence electrons. The van der Waals surface area contributed by atoms with Crippen molar-refractivity contribution in [2.45, 2.75) is 13.3 Å². The van der Waals surface area contributed by atoms with E-state index in [1.807, 2.05) is 24.3 Å². The third kappa shape index (κ3) is 3.52. The second kappa shape index (κ2) is 7.17. The minimum Gasteiger partial charge on any atom is -0.462 e. The number of fused-ring (bicyclic) bond motifs is 1. The number of anilines is 2. The lowest BCUT2D eigenvalue weighted by Gasteiger charge is -2.16. The largest absolute Gasteiger partial charge is 0.462 e. The van der Waals surface area contributed by atoms with Gasteiger partial charge in [0.25, 0.3) is 0 Å². The Kier molecular flexibility index (Phi) is 4.79. The molecule has 6 nitrogen and oxygen atoms in total. The summed E-state index contributed by atoms with van der Waals surface area (Å²) in [5.41, 5.74) is 2.67. The van der Waals surface area contributed by atoms with Gasteiger partial charge in [0.15, 0.2) is 0 Å². The van der Waals surface area contributed by atoms with Crippen LogP contribution in [0, 0.1) is 0 Å². The molecular weight excluding hydrogens is 320 g/mol. The molecule has 6 heteroatoms. The van der Waals surface area contributed by atoms with Crippen LogP contribution in [-0.4, -0.2) is 30.9 Å². The van der Waals surface area contributed by atoms with Crippen molar-refractivity contribution in [1.29, 1.82) is 0 Å². The number of amides is 2. The van der Waals surface area contributed by atoms with Crippen molar-refractivity contribution in [1.82, 2.24) is 0 Å². The van der Waals surface area contributed by atoms with E-state index in [9.17, 15) is 14.4 Å². The molecule has 0 atom stereocenters. The quantitative estimate of drug-likeness (QED) is 0.689. The van der Waals surface area contributed by atoms with Gasteiger partial charge in [-0.1, -0.05) is 18.2 Å². The fraction of sp³-hybridized carbons (Fsp3) is 0.211. The molecule has 0 unspecified atom stereocenters. The third-order valence-electron chi connectivity index (χ3n) is 3.98. The molecule has 1 aliphatic rings. The van der Waals surface area contributed by atoms with Crippen molar-refractivity contribution in [2.75, 3.05) is 23.4 Å². The highest BCUT2D eigenvalue weighted by Crippen LogP contribution is 2.27. The number of esters is 1. The van der Waals surface area contributed by atoms with Gasteiger partial charge in [-0.3, -0.25) is 9.59 Å². The van der Waals surface area contributed by atoms with E-state index in [1.165, 1.54) is 4.90 Å². The van der Waals surface area contributed by atoms with Crippen LogP contribution in [0.5, 0.6) is 0 Å². The first-order valence-electron chi connectivity index (χ1n) is 8.08. The van der Waals surface area contributed by atoms with Gasteiger partial charge in [-0.05, 0) is 49.2 Å². The van der Waals surface area contributed by atoms with E-state index in [2.05, 4.69) is 5.32 Å². The number of hydrogen-bond acceptors (Lipinski definition) is 4. The van der Waals surface area contributed by atoms with Crippen molar-refractivity contribution < 1.29 is 19.1 Å². The first-order valence-corrected chi connectivity index (χ1v) is 8.08. The average Bonchev–Trinajstić information content (AvgIpc) is 3.06. The van der Waals surface area contributed by atoms with Crippen LogP contribution in [0.2, 0.25) is 0 Å². The van der Waals surface area contributed by atoms with E-state index < -0.39 is 17.8 Å². The highest BCUT2D eigenvalue weighted by atomic mass is 16.5. The van der Waals surface area contributed by atoms with E-state index in [0.29, 0.717) is 24.4 Å². The van der Waals surface area contributed by atoms with E-state index in [0.717, 1.165) is 17.7 Å². The predicted octanol–water partition coefficient (Wildman–Crippen LogP) is 2.39. The van der Waals surface area contributed by atoms with Gasteiger partial charge in [-0.2, -0.15) is 0 Å². The zero-order valence-electron chi connectivity index (χ0n) is 13.8. The Morgan fingerprint density at radius 1 is 1.08 bits per heavy atom. The molecule has 2 aromatic rings. The molecule has 1 aliphatic heterocycles. The van der Waals surface area contributed by atoms with E-state index >= 15 is 0 Å². The van der Waals surface area contributed by atoms with Crippen molar-refractivity contribution in [3.8, 4) is 0 Å². The zero-order chi connectivity index (χ0) is 17.8. The normalized spacial score (nSPS) is 12.4. The first kappa shape index (κ1) is 16.7. The minimum atomic E-state index is -0.708. The van der Waals surface area contributed by atoms with Gasteiger partial charge < -0.3 is 15.0 Å². The molecule has 0 radical (unpaired) electrons. The highest BCUT2D eigenvalue weighted by molar-refractivity contribution is 6.44. The van der Waals surface area contributed by atoms with Crippen LogP contribution in [0.1, 0.15) is 22.8 Å². The molecule has 2 amide bonds. The third-order valence-corrected chi connectivity index (χ3v) is 3.98. The topological polar surface area (TPSA) is 75.7 Å². The molecule has 1 N–H and O–H groups in total. The number of carbonyl (C=O) groups is 3. The molecule has 25 heavy (non-hydrogen) atoms. The summed E-state index contributed by atoms with van der Waals surface area (Å²) in [6, 6.07) is 13.8. The second-order valence-corrected chi connectivity index (χ2v) is 5.59. The van der Waals surface area contributed by atoms with Crippen LogP contribution in [-0.2, 0) is 20.7 Å². The minimum absolute atomic E-state index is 0.295. The Bertz CT molecular complexity index is 814. The summed E-state index contributed by atoms with van der Waals surface area (Å²) in [6.45, 7) is 2.52. The summed E-state index contributed by atoms with van der Waals surface area (Å²) in [7, 11) is 0. The molecule has 3 rings (SSSR count). The Morgan fingerprint density at radius 3 is 2.52 bits per heavy atom. The van der Waals surface area contributed by atoms with Gasteiger partial charge in [0.1, 0.15) is 0 Å². The SMILES string of the molecule is CCOC(=O)c1ccc(NC(=O)C(=O)N2CCc3ccccc32)cc1. The summed E-state index contributed by atoms with van der Waals surface area (Å²) in [5.74, 6) is -1.73. The number of benzene rings is 2. The first-order chi connectivity index (χ1) is 12.1. The number of para-hydroxylation sites is 1. The number of hydrogen-bond donors (Lipinski definition) is 1. The summed E-state index contributed by atoms with van der Waals surface area (Å²) < 4.78 is 4.90. The Labute approximate surface area is 145 Å². The van der Waals surface area contributed by atoms with Crippen molar-refractivity contribution >= 4 is 29.2 Å². The van der Waals surface area contributed by atoms with Crippen LogP contribution in [0.4, 0.5) is 11.4 Å². The molecule has 0 saturated carbocycles. The van der Waals surface area contributed by atoms with Crippen molar-refractivity contribution in [3.05, 3.63) is 59.7 Å². The van der Waals surface area contributed by atoms with Crippen LogP contribution < -0.4 is 10.2 Å². The number of nitrogens with one attached hydrogen (secondary N) is 1. The number of rotatable bonds is 3. The zero-order valence-corrected chi connectivity index (χ0v) is 13.8. The van der Waals surface area contributed by atoms with Gasteiger partial charge in [-0.15, -0.1) is 0 Å². The van der Waals surface area contributed by atoms with Gasteiger partial charge in [-0.25, -0.2) is 4.79 Å². The van der Waals surface area contributed by atoms with Gasteiger partial charge in [0.2, 0.25) is 0 Å². The smallest absolute Gasteiger partial charge is 0.338 e. The van der Waals surface area contributed by atoms with Crippen LogP contribution >= 0.6 is 0 Å². The second-order valence-electron chi connectivity index (χ2n) is 5.59. The molecule has 0 bridgehead atoms. The maximum absolute atomic E-state index is 12.4. The molecule has 0 aromatic heterocycles. The maximum atomic E-state index is 12.4. The number of carbonyl (C=O) groups excluding carboxylic acids is 3. The Hall–Kier alpha value is -3.15. The van der Waals surface area contributed by atoms with Crippen molar-refractivity contribution in [3.63, 3.8) is 0 Å². The lowest BCUT2D eigenvalue weighted by atomic mass is 10.2. The van der Waals surface area contributed by atoms with E-state index in [4.69, 9.17) is 4.74 Å². The standard InChI is InChI=1S/C19H18N2O4/c1-2-25-19(24)14-7-9-15(10-8-14)20-17(22)18(23)21-12-11-13-5-3-4-6-16(13)21/h3-10H,2,11-12H2,1H3,(H,20,22). The lowest BCUT2D eigenvalue weighted by Crippen LogP contribution is -2.38. The van der Waals surface area contributed by atoms with E-state index in [-0.39, 0.29) is 0 Å². The summed E-state index contributed by atoms with van der Waals surface area (Å²) in [5, 5.41) is 2.57. The maximum Gasteiger partial charge on any atom is 0.338 e.